The second kappa shape index (κ2) is 8.06. The van der Waals surface area contributed by atoms with Gasteiger partial charge < -0.3 is 19.7 Å². The van der Waals surface area contributed by atoms with Gasteiger partial charge in [0.1, 0.15) is 11.5 Å². The Morgan fingerprint density at radius 1 is 1.13 bits per heavy atom. The van der Waals surface area contributed by atoms with Crippen molar-refractivity contribution in [3.05, 3.63) is 71.4 Å². The van der Waals surface area contributed by atoms with Gasteiger partial charge in [0, 0.05) is 34.8 Å². The van der Waals surface area contributed by atoms with Crippen LogP contribution in [-0.4, -0.2) is 40.3 Å². The number of methoxy groups -OCH3 is 1. The Hall–Kier alpha value is -3.54. The van der Waals surface area contributed by atoms with Gasteiger partial charge in [-0.25, -0.2) is 0 Å². The molecule has 0 aliphatic carbocycles. The SMILES string of the molecule is CCCCN1C(=O)C(=O)/C(=C(/O)c2ccc(OC)cc2)C1c1c[nH]c2ccccc12. The van der Waals surface area contributed by atoms with Crippen LogP contribution in [0.5, 0.6) is 5.75 Å². The summed E-state index contributed by atoms with van der Waals surface area (Å²) in [4.78, 5) is 30.7. The number of hydrogen-bond acceptors (Lipinski definition) is 4. The van der Waals surface area contributed by atoms with E-state index in [1.165, 1.54) is 0 Å². The molecule has 1 aliphatic rings. The van der Waals surface area contributed by atoms with Crippen molar-refractivity contribution < 1.29 is 19.4 Å². The summed E-state index contributed by atoms with van der Waals surface area (Å²) in [6.45, 7) is 2.49. The first-order chi connectivity index (χ1) is 14.6. The number of aliphatic hydroxyl groups excluding tert-OH is 1. The van der Waals surface area contributed by atoms with Crippen LogP contribution in [0.2, 0.25) is 0 Å². The number of hydrogen-bond donors (Lipinski definition) is 2. The number of likely N-dealkylation sites (tertiary alicyclic amines) is 1. The minimum atomic E-state index is -0.658. The smallest absolute Gasteiger partial charge is 0.295 e. The second-order valence-corrected chi connectivity index (χ2v) is 7.36. The highest BCUT2D eigenvalue weighted by molar-refractivity contribution is 6.46. The fourth-order valence-electron chi connectivity index (χ4n) is 3.99. The Balaban J connectivity index is 1.89. The highest BCUT2D eigenvalue weighted by Gasteiger charge is 2.46. The molecule has 4 rings (SSSR count). The molecule has 1 aliphatic heterocycles. The quantitative estimate of drug-likeness (QED) is 0.362. The van der Waals surface area contributed by atoms with Crippen LogP contribution in [0.3, 0.4) is 0 Å². The molecular formula is C24H24N2O4. The normalized spacial score (nSPS) is 18.3. The number of H-pyrrole nitrogens is 1. The number of carbonyl (C=O) groups excluding carboxylic acids is 2. The standard InChI is InChI=1S/C24H24N2O4/c1-3-4-13-26-21(18-14-25-19-8-6-5-7-17(18)19)20(23(28)24(26)29)22(27)15-9-11-16(30-2)12-10-15/h5-12,14,21,25,27H,3-4,13H2,1-2H3/b22-20+. The number of carbonyl (C=O) groups is 2. The van der Waals surface area contributed by atoms with E-state index in [-0.39, 0.29) is 11.3 Å². The fourth-order valence-corrected chi connectivity index (χ4v) is 3.99. The number of Topliss-reactive ketones (excluding diaryl/α,β-unsaturated/α-hetero) is 1. The van der Waals surface area contributed by atoms with E-state index in [2.05, 4.69) is 4.98 Å². The van der Waals surface area contributed by atoms with Crippen LogP contribution < -0.4 is 4.74 Å². The van der Waals surface area contributed by atoms with Gasteiger partial charge in [0.05, 0.1) is 18.7 Å². The first-order valence-corrected chi connectivity index (χ1v) is 10.1. The predicted octanol–water partition coefficient (Wildman–Crippen LogP) is 4.40. The molecule has 154 valence electrons. The number of unbranched alkanes of at least 4 members (excludes halogenated alkanes) is 1. The third-order valence-electron chi connectivity index (χ3n) is 5.57. The van der Waals surface area contributed by atoms with E-state index in [1.54, 1.807) is 36.3 Å². The summed E-state index contributed by atoms with van der Waals surface area (Å²) < 4.78 is 5.17. The zero-order valence-corrected chi connectivity index (χ0v) is 17.0. The van der Waals surface area contributed by atoms with Gasteiger partial charge in [-0.3, -0.25) is 9.59 Å². The highest BCUT2D eigenvalue weighted by Crippen LogP contribution is 2.42. The van der Waals surface area contributed by atoms with Gasteiger partial charge in [0.25, 0.3) is 11.7 Å². The van der Waals surface area contributed by atoms with E-state index in [0.717, 1.165) is 29.3 Å². The van der Waals surface area contributed by atoms with Crippen molar-refractivity contribution in [2.45, 2.75) is 25.8 Å². The number of ether oxygens (including phenoxy) is 1. The lowest BCUT2D eigenvalue weighted by Gasteiger charge is -2.24. The van der Waals surface area contributed by atoms with Crippen molar-refractivity contribution in [2.24, 2.45) is 0 Å². The molecule has 2 heterocycles. The topological polar surface area (TPSA) is 82.6 Å². The van der Waals surface area contributed by atoms with Crippen molar-refractivity contribution in [1.82, 2.24) is 9.88 Å². The summed E-state index contributed by atoms with van der Waals surface area (Å²) in [7, 11) is 1.56. The number of para-hydroxylation sites is 1. The molecule has 0 spiro atoms. The molecule has 2 N–H and O–H groups in total. The Morgan fingerprint density at radius 3 is 2.57 bits per heavy atom. The van der Waals surface area contributed by atoms with Crippen LogP contribution >= 0.6 is 0 Å². The van der Waals surface area contributed by atoms with E-state index in [4.69, 9.17) is 4.74 Å². The zero-order valence-electron chi connectivity index (χ0n) is 17.0. The van der Waals surface area contributed by atoms with Crippen molar-refractivity contribution in [3.63, 3.8) is 0 Å². The lowest BCUT2D eigenvalue weighted by Crippen LogP contribution is -2.30. The minimum Gasteiger partial charge on any atom is -0.507 e. The number of amides is 1. The number of fused-ring (bicyclic) bond motifs is 1. The molecule has 30 heavy (non-hydrogen) atoms. The van der Waals surface area contributed by atoms with E-state index in [9.17, 15) is 14.7 Å². The number of aromatic nitrogens is 1. The molecule has 6 nitrogen and oxygen atoms in total. The summed E-state index contributed by atoms with van der Waals surface area (Å²) in [6, 6.07) is 13.9. The highest BCUT2D eigenvalue weighted by atomic mass is 16.5. The number of nitrogens with one attached hydrogen (secondary N) is 1. The van der Waals surface area contributed by atoms with E-state index in [0.29, 0.717) is 17.9 Å². The third kappa shape index (κ3) is 3.24. The first-order valence-electron chi connectivity index (χ1n) is 10.1. The molecule has 1 fully saturated rings. The van der Waals surface area contributed by atoms with Crippen molar-refractivity contribution in [1.29, 1.82) is 0 Å². The maximum absolute atomic E-state index is 13.0. The van der Waals surface area contributed by atoms with Gasteiger partial charge in [-0.2, -0.15) is 0 Å². The van der Waals surface area contributed by atoms with Gasteiger partial charge in [0.15, 0.2) is 0 Å². The van der Waals surface area contributed by atoms with Crippen LogP contribution in [0.25, 0.3) is 16.7 Å². The number of benzene rings is 2. The molecule has 6 heteroatoms. The van der Waals surface area contributed by atoms with Gasteiger partial charge in [0.2, 0.25) is 0 Å². The maximum Gasteiger partial charge on any atom is 0.295 e. The molecule has 1 unspecified atom stereocenters. The molecule has 1 atom stereocenters. The Morgan fingerprint density at radius 2 is 1.87 bits per heavy atom. The molecule has 0 bridgehead atoms. The Bertz CT molecular complexity index is 1130. The molecule has 1 aromatic heterocycles. The van der Waals surface area contributed by atoms with E-state index < -0.39 is 17.7 Å². The number of ketones is 1. The van der Waals surface area contributed by atoms with E-state index >= 15 is 0 Å². The molecule has 2 aromatic carbocycles. The molecule has 1 amide bonds. The summed E-state index contributed by atoms with van der Waals surface area (Å²) in [5.74, 6) is -0.767. The largest absolute Gasteiger partial charge is 0.507 e. The molecule has 3 aromatic rings. The number of rotatable bonds is 6. The van der Waals surface area contributed by atoms with Gasteiger partial charge >= 0.3 is 0 Å². The monoisotopic (exact) mass is 404 g/mol. The molecule has 0 saturated carbocycles. The average molecular weight is 404 g/mol. The predicted molar refractivity (Wildman–Crippen MR) is 115 cm³/mol. The van der Waals surface area contributed by atoms with Crippen LogP contribution in [0.15, 0.2) is 60.3 Å². The summed E-state index contributed by atoms with van der Waals surface area (Å²) in [5, 5.41) is 12.0. The zero-order chi connectivity index (χ0) is 21.3. The lowest BCUT2D eigenvalue weighted by atomic mass is 9.95. The van der Waals surface area contributed by atoms with Crippen molar-refractivity contribution >= 4 is 28.4 Å². The third-order valence-corrected chi connectivity index (χ3v) is 5.57. The van der Waals surface area contributed by atoms with Crippen LogP contribution in [-0.2, 0) is 9.59 Å². The summed E-state index contributed by atoms with van der Waals surface area (Å²) >= 11 is 0. The summed E-state index contributed by atoms with van der Waals surface area (Å²) in [5.41, 5.74) is 2.30. The minimum absolute atomic E-state index is 0.117. The van der Waals surface area contributed by atoms with Crippen LogP contribution in [0, 0.1) is 0 Å². The number of nitrogens with zero attached hydrogens (tertiary/aromatic N) is 1. The number of aliphatic hydroxyl groups is 1. The maximum atomic E-state index is 13.0. The Kier molecular flexibility index (Phi) is 5.31. The van der Waals surface area contributed by atoms with Gasteiger partial charge in [-0.1, -0.05) is 31.5 Å². The number of aromatic amines is 1. The van der Waals surface area contributed by atoms with Gasteiger partial charge in [-0.15, -0.1) is 0 Å². The lowest BCUT2D eigenvalue weighted by molar-refractivity contribution is -0.139. The molecular weight excluding hydrogens is 380 g/mol. The van der Waals surface area contributed by atoms with Crippen molar-refractivity contribution in [3.8, 4) is 5.75 Å². The summed E-state index contributed by atoms with van der Waals surface area (Å²) in [6.07, 6.45) is 3.48. The molecule has 0 radical (unpaired) electrons. The van der Waals surface area contributed by atoms with E-state index in [1.807, 2.05) is 37.4 Å². The average Bonchev–Trinajstić information content (AvgIpc) is 3.31. The van der Waals surface area contributed by atoms with Crippen molar-refractivity contribution in [2.75, 3.05) is 13.7 Å². The van der Waals surface area contributed by atoms with Crippen LogP contribution in [0.4, 0.5) is 0 Å². The molecule has 1 saturated heterocycles. The second-order valence-electron chi connectivity index (χ2n) is 7.36. The van der Waals surface area contributed by atoms with Crippen LogP contribution in [0.1, 0.15) is 36.9 Å². The Labute approximate surface area is 174 Å². The fraction of sp³-hybridized carbons (Fsp3) is 0.250. The first kappa shape index (κ1) is 19.8. The van der Waals surface area contributed by atoms with Gasteiger partial charge in [-0.05, 0) is 36.8 Å².